The summed E-state index contributed by atoms with van der Waals surface area (Å²) in [5.74, 6) is 0.484. The molecule has 1 unspecified atom stereocenters. The van der Waals surface area contributed by atoms with Crippen molar-refractivity contribution in [1.29, 1.82) is 0 Å². The van der Waals surface area contributed by atoms with Crippen molar-refractivity contribution in [2.75, 3.05) is 26.2 Å². The number of carbonyl (C=O) groups is 1. The lowest BCUT2D eigenvalue weighted by Crippen LogP contribution is -2.57. The lowest BCUT2D eigenvalue weighted by atomic mass is 9.74. The molecule has 0 bridgehead atoms. The number of carbonyl (C=O) groups excluding carboxylic acids is 1. The second-order valence-electron chi connectivity index (χ2n) is 7.60. The van der Waals surface area contributed by atoms with Crippen molar-refractivity contribution in [1.82, 2.24) is 20.1 Å². The first kappa shape index (κ1) is 17.4. The van der Waals surface area contributed by atoms with E-state index >= 15 is 0 Å². The van der Waals surface area contributed by atoms with Gasteiger partial charge in [-0.2, -0.15) is 0 Å². The number of H-pyrrole nitrogens is 1. The summed E-state index contributed by atoms with van der Waals surface area (Å²) in [4.78, 5) is 20.4. The summed E-state index contributed by atoms with van der Waals surface area (Å²) in [5.41, 5.74) is 4.14. The van der Waals surface area contributed by atoms with E-state index in [-0.39, 0.29) is 12.1 Å². The zero-order valence-electron chi connectivity index (χ0n) is 16.1. The zero-order valence-corrected chi connectivity index (χ0v) is 16.1. The molecular weight excluding hydrogens is 324 g/mol. The summed E-state index contributed by atoms with van der Waals surface area (Å²) in [6, 6.07) is 7.44. The van der Waals surface area contributed by atoms with Crippen LogP contribution in [0.4, 0.5) is 4.79 Å². The number of hydrogen-bond acceptors (Lipinski definition) is 2. The van der Waals surface area contributed by atoms with E-state index < -0.39 is 0 Å². The minimum Gasteiger partial charge on any atom is -0.361 e. The molecule has 1 fully saturated rings. The third kappa shape index (κ3) is 2.78. The van der Waals surface area contributed by atoms with Gasteiger partial charge in [0.15, 0.2) is 0 Å². The van der Waals surface area contributed by atoms with E-state index in [0.29, 0.717) is 12.0 Å². The van der Waals surface area contributed by atoms with Crippen molar-refractivity contribution >= 4 is 16.9 Å². The van der Waals surface area contributed by atoms with E-state index in [1.54, 1.807) is 0 Å². The third-order valence-electron chi connectivity index (χ3n) is 6.36. The Kier molecular flexibility index (Phi) is 4.65. The molecule has 1 aromatic carbocycles. The van der Waals surface area contributed by atoms with Crippen LogP contribution in [0.25, 0.3) is 10.9 Å². The standard InChI is InChI=1S/C21H30N4O/c1-4-24(5-2)21(26)23-15-11-17-16-8-7-9-18-20(16)14(12-22-18)10-19(17)25(6-3)13-15/h7-9,12,15,17,19,22H,4-6,10-11,13H2,1-3H3,(H,23,26)/t15-,17?,19+/m0/s1. The smallest absolute Gasteiger partial charge is 0.317 e. The monoisotopic (exact) mass is 354 g/mol. The van der Waals surface area contributed by atoms with Gasteiger partial charge in [-0.05, 0) is 50.4 Å². The van der Waals surface area contributed by atoms with Crippen LogP contribution < -0.4 is 5.32 Å². The molecule has 1 aliphatic heterocycles. The second-order valence-corrected chi connectivity index (χ2v) is 7.60. The van der Waals surface area contributed by atoms with Crippen molar-refractivity contribution in [3.05, 3.63) is 35.5 Å². The number of aromatic amines is 1. The number of rotatable bonds is 4. The molecule has 5 heteroatoms. The largest absolute Gasteiger partial charge is 0.361 e. The van der Waals surface area contributed by atoms with E-state index in [9.17, 15) is 4.79 Å². The van der Waals surface area contributed by atoms with Gasteiger partial charge in [-0.15, -0.1) is 0 Å². The van der Waals surface area contributed by atoms with Gasteiger partial charge < -0.3 is 15.2 Å². The molecular formula is C21H30N4O. The number of likely N-dealkylation sites (N-methyl/N-ethyl adjacent to an activating group) is 1. The maximum Gasteiger partial charge on any atom is 0.317 e. The summed E-state index contributed by atoms with van der Waals surface area (Å²) >= 11 is 0. The molecule has 1 aliphatic carbocycles. The molecule has 26 heavy (non-hydrogen) atoms. The van der Waals surface area contributed by atoms with Gasteiger partial charge in [0.05, 0.1) is 0 Å². The fourth-order valence-corrected chi connectivity index (χ4v) is 5.04. The van der Waals surface area contributed by atoms with E-state index in [1.807, 2.05) is 18.7 Å². The number of nitrogens with zero attached hydrogens (tertiary/aromatic N) is 2. The Morgan fingerprint density at radius 3 is 2.85 bits per heavy atom. The number of piperidine rings is 1. The fraction of sp³-hybridized carbons (Fsp3) is 0.571. The average molecular weight is 354 g/mol. The van der Waals surface area contributed by atoms with Gasteiger partial charge in [0.2, 0.25) is 0 Å². The number of fused-ring (bicyclic) bond motifs is 2. The Bertz CT molecular complexity index is 794. The van der Waals surface area contributed by atoms with Crippen LogP contribution in [-0.2, 0) is 6.42 Å². The minimum atomic E-state index is 0.0749. The summed E-state index contributed by atoms with van der Waals surface area (Å²) in [6.07, 6.45) is 4.32. The summed E-state index contributed by atoms with van der Waals surface area (Å²) in [7, 11) is 0. The molecule has 5 nitrogen and oxygen atoms in total. The molecule has 0 radical (unpaired) electrons. The van der Waals surface area contributed by atoms with Crippen molar-refractivity contribution in [2.45, 2.75) is 51.6 Å². The van der Waals surface area contributed by atoms with Gasteiger partial charge in [0, 0.05) is 54.7 Å². The molecule has 0 spiro atoms. The number of urea groups is 1. The van der Waals surface area contributed by atoms with Crippen LogP contribution in [-0.4, -0.2) is 59.1 Å². The Morgan fingerprint density at radius 2 is 2.12 bits per heavy atom. The van der Waals surface area contributed by atoms with Gasteiger partial charge in [0.1, 0.15) is 0 Å². The van der Waals surface area contributed by atoms with Gasteiger partial charge in [-0.25, -0.2) is 4.79 Å². The lowest BCUT2D eigenvalue weighted by molar-refractivity contribution is 0.103. The average Bonchev–Trinajstić information content (AvgIpc) is 3.07. The molecule has 2 heterocycles. The van der Waals surface area contributed by atoms with Crippen molar-refractivity contribution in [3.8, 4) is 0 Å². The maximum absolute atomic E-state index is 12.6. The Labute approximate surface area is 155 Å². The Balaban J connectivity index is 1.62. The molecule has 0 saturated carbocycles. The number of likely N-dealkylation sites (tertiary alicyclic amines) is 1. The van der Waals surface area contributed by atoms with Gasteiger partial charge in [0.25, 0.3) is 0 Å². The van der Waals surface area contributed by atoms with Crippen LogP contribution in [0.2, 0.25) is 0 Å². The molecule has 140 valence electrons. The van der Waals surface area contributed by atoms with E-state index in [2.05, 4.69) is 46.5 Å². The van der Waals surface area contributed by atoms with Crippen LogP contribution in [0.15, 0.2) is 24.4 Å². The van der Waals surface area contributed by atoms with Crippen LogP contribution in [0, 0.1) is 0 Å². The SMILES string of the molecule is CCN(CC)C(=O)N[C@H]1CC2c3cccc4[nH]cc(c34)C[C@H]2N(CC)C1. The molecule has 1 saturated heterocycles. The Morgan fingerprint density at radius 1 is 1.31 bits per heavy atom. The predicted molar refractivity (Wildman–Crippen MR) is 106 cm³/mol. The van der Waals surface area contributed by atoms with Crippen LogP contribution in [0.3, 0.4) is 0 Å². The second kappa shape index (κ2) is 6.95. The number of aromatic nitrogens is 1. The van der Waals surface area contributed by atoms with Gasteiger partial charge in [-0.3, -0.25) is 4.90 Å². The highest BCUT2D eigenvalue weighted by Crippen LogP contribution is 2.43. The van der Waals surface area contributed by atoms with Crippen molar-refractivity contribution < 1.29 is 4.79 Å². The fourth-order valence-electron chi connectivity index (χ4n) is 5.04. The molecule has 1 aromatic heterocycles. The zero-order chi connectivity index (χ0) is 18.3. The number of amides is 2. The number of nitrogens with one attached hydrogen (secondary N) is 2. The maximum atomic E-state index is 12.6. The summed E-state index contributed by atoms with van der Waals surface area (Å²) in [5, 5.41) is 4.72. The van der Waals surface area contributed by atoms with E-state index in [4.69, 9.17) is 0 Å². The first-order valence-corrected chi connectivity index (χ1v) is 10.0. The number of hydrogen-bond donors (Lipinski definition) is 2. The normalized spacial score (nSPS) is 25.1. The predicted octanol–water partition coefficient (Wildman–Crippen LogP) is 3.32. The molecule has 4 rings (SSSR count). The van der Waals surface area contributed by atoms with Gasteiger partial charge >= 0.3 is 6.03 Å². The summed E-state index contributed by atoms with van der Waals surface area (Å²) < 4.78 is 0. The van der Waals surface area contributed by atoms with Crippen LogP contribution in [0.1, 0.15) is 44.2 Å². The Hall–Kier alpha value is -2.01. The van der Waals surface area contributed by atoms with E-state index in [1.165, 1.54) is 22.0 Å². The van der Waals surface area contributed by atoms with Crippen molar-refractivity contribution in [2.24, 2.45) is 0 Å². The lowest BCUT2D eigenvalue weighted by Gasteiger charge is -2.47. The highest BCUT2D eigenvalue weighted by atomic mass is 16.2. The summed E-state index contributed by atoms with van der Waals surface area (Å²) in [6.45, 7) is 9.78. The molecule has 2 aromatic rings. The number of benzene rings is 1. The topological polar surface area (TPSA) is 51.4 Å². The highest BCUT2D eigenvalue weighted by molar-refractivity contribution is 5.88. The molecule has 2 N–H and O–H groups in total. The van der Waals surface area contributed by atoms with Crippen LogP contribution in [0.5, 0.6) is 0 Å². The quantitative estimate of drug-likeness (QED) is 0.885. The third-order valence-corrected chi connectivity index (χ3v) is 6.36. The first-order chi connectivity index (χ1) is 12.7. The highest BCUT2D eigenvalue weighted by Gasteiger charge is 2.40. The first-order valence-electron chi connectivity index (χ1n) is 10.0. The van der Waals surface area contributed by atoms with E-state index in [0.717, 1.165) is 39.0 Å². The molecule has 3 atom stereocenters. The molecule has 2 aliphatic rings. The van der Waals surface area contributed by atoms with Crippen molar-refractivity contribution in [3.63, 3.8) is 0 Å². The molecule has 2 amide bonds. The van der Waals surface area contributed by atoms with Gasteiger partial charge in [-0.1, -0.05) is 19.1 Å². The minimum absolute atomic E-state index is 0.0749. The van der Waals surface area contributed by atoms with Crippen LogP contribution >= 0.6 is 0 Å².